The monoisotopic (exact) mass is 298 g/mol. The van der Waals surface area contributed by atoms with Crippen molar-refractivity contribution in [2.45, 2.75) is 26.9 Å². The molecule has 0 aliphatic rings. The van der Waals surface area contributed by atoms with Gasteiger partial charge in [-0.25, -0.2) is 4.39 Å². The van der Waals surface area contributed by atoms with Gasteiger partial charge in [0.2, 0.25) is 0 Å². The van der Waals surface area contributed by atoms with Gasteiger partial charge in [0.15, 0.2) is 0 Å². The fraction of sp³-hybridized carbons (Fsp3) is 0.625. The van der Waals surface area contributed by atoms with Crippen LogP contribution in [0.2, 0.25) is 0 Å². The van der Waals surface area contributed by atoms with E-state index >= 15 is 0 Å². The van der Waals surface area contributed by atoms with E-state index in [2.05, 4.69) is 30.3 Å². The average molecular weight is 298 g/mol. The van der Waals surface area contributed by atoms with Crippen molar-refractivity contribution in [2.24, 2.45) is 5.92 Å². The lowest BCUT2D eigenvalue weighted by Crippen LogP contribution is -2.22. The molecule has 1 aromatic carbocycles. The molecule has 0 unspecified atom stereocenters. The maximum absolute atomic E-state index is 13.9. The third kappa shape index (κ3) is 6.73. The molecule has 1 N–H and O–H groups in total. The highest BCUT2D eigenvalue weighted by Crippen LogP contribution is 2.13. The topological polar surface area (TPSA) is 15.3 Å². The second-order valence-corrected chi connectivity index (χ2v) is 6.67. The Bertz CT molecular complexity index is 396. The number of hydrogen-bond donors (Lipinski definition) is 1. The summed E-state index contributed by atoms with van der Waals surface area (Å²) in [5.41, 5.74) is 1.94. The van der Waals surface area contributed by atoms with Crippen LogP contribution >= 0.6 is 11.8 Å². The summed E-state index contributed by atoms with van der Waals surface area (Å²) in [6.45, 7) is 7.81. The highest BCUT2D eigenvalue weighted by atomic mass is 32.2. The number of halogens is 1. The quantitative estimate of drug-likeness (QED) is 0.752. The maximum atomic E-state index is 13.9. The summed E-state index contributed by atoms with van der Waals surface area (Å²) < 4.78 is 13.9. The summed E-state index contributed by atoms with van der Waals surface area (Å²) in [5.74, 6) is 1.61. The normalized spacial score (nSPS) is 11.6. The van der Waals surface area contributed by atoms with Crippen molar-refractivity contribution in [3.05, 3.63) is 35.1 Å². The molecule has 0 aromatic heterocycles. The van der Waals surface area contributed by atoms with Crippen LogP contribution in [0.4, 0.5) is 4.39 Å². The fourth-order valence-electron chi connectivity index (χ4n) is 1.98. The molecule has 1 aromatic rings. The Morgan fingerprint density at radius 2 is 2.10 bits per heavy atom. The second kappa shape index (κ2) is 9.37. The molecule has 0 saturated carbocycles. The third-order valence-electron chi connectivity index (χ3n) is 3.11. The van der Waals surface area contributed by atoms with Gasteiger partial charge in [0, 0.05) is 31.0 Å². The first-order valence-corrected chi connectivity index (χ1v) is 8.57. The van der Waals surface area contributed by atoms with E-state index in [-0.39, 0.29) is 5.82 Å². The van der Waals surface area contributed by atoms with E-state index in [1.165, 1.54) is 0 Å². The average Bonchev–Trinajstić information content (AvgIpc) is 2.39. The molecule has 0 atom stereocenters. The molecule has 2 nitrogen and oxygen atoms in total. The fourth-order valence-corrected chi connectivity index (χ4v) is 2.48. The molecular formula is C16H27FN2S. The SMILES string of the molecule is CSCCN(C)Cc1cc(CNCC(C)C)ccc1F. The van der Waals surface area contributed by atoms with Crippen LogP contribution < -0.4 is 5.32 Å². The molecule has 0 radical (unpaired) electrons. The predicted octanol–water partition coefficient (Wildman–Crippen LogP) is 3.37. The van der Waals surface area contributed by atoms with Gasteiger partial charge in [0.1, 0.15) is 5.82 Å². The van der Waals surface area contributed by atoms with Crippen LogP contribution in [0.15, 0.2) is 18.2 Å². The summed E-state index contributed by atoms with van der Waals surface area (Å²) in [7, 11) is 2.04. The highest BCUT2D eigenvalue weighted by Gasteiger charge is 2.07. The lowest BCUT2D eigenvalue weighted by atomic mass is 10.1. The van der Waals surface area contributed by atoms with Gasteiger partial charge in [-0.2, -0.15) is 11.8 Å². The number of thioether (sulfide) groups is 1. The molecule has 20 heavy (non-hydrogen) atoms. The van der Waals surface area contributed by atoms with Crippen LogP contribution in [-0.2, 0) is 13.1 Å². The van der Waals surface area contributed by atoms with Crippen LogP contribution in [0.1, 0.15) is 25.0 Å². The van der Waals surface area contributed by atoms with Crippen molar-refractivity contribution in [1.82, 2.24) is 10.2 Å². The molecule has 0 heterocycles. The first kappa shape index (κ1) is 17.5. The number of nitrogens with one attached hydrogen (secondary N) is 1. The molecule has 4 heteroatoms. The number of rotatable bonds is 9. The maximum Gasteiger partial charge on any atom is 0.127 e. The molecule has 114 valence electrons. The van der Waals surface area contributed by atoms with Crippen molar-refractivity contribution < 1.29 is 4.39 Å². The molecule has 0 spiro atoms. The van der Waals surface area contributed by atoms with E-state index in [9.17, 15) is 4.39 Å². The Labute approximate surface area is 127 Å². The van der Waals surface area contributed by atoms with E-state index in [4.69, 9.17) is 0 Å². The molecule has 0 saturated heterocycles. The van der Waals surface area contributed by atoms with Crippen LogP contribution in [0, 0.1) is 11.7 Å². The summed E-state index contributed by atoms with van der Waals surface area (Å²) in [6, 6.07) is 5.44. The van der Waals surface area contributed by atoms with Crippen molar-refractivity contribution in [1.29, 1.82) is 0 Å². The lowest BCUT2D eigenvalue weighted by Gasteiger charge is -2.17. The zero-order valence-corrected chi connectivity index (χ0v) is 13.9. The Balaban J connectivity index is 2.57. The van der Waals surface area contributed by atoms with Gasteiger partial charge in [-0.3, -0.25) is 0 Å². The van der Waals surface area contributed by atoms with Gasteiger partial charge >= 0.3 is 0 Å². The highest BCUT2D eigenvalue weighted by molar-refractivity contribution is 7.98. The van der Waals surface area contributed by atoms with Crippen molar-refractivity contribution in [2.75, 3.05) is 32.1 Å². The van der Waals surface area contributed by atoms with E-state index in [0.29, 0.717) is 12.5 Å². The van der Waals surface area contributed by atoms with Gasteiger partial charge in [0.05, 0.1) is 0 Å². The predicted molar refractivity (Wildman–Crippen MR) is 87.7 cm³/mol. The van der Waals surface area contributed by atoms with Crippen molar-refractivity contribution >= 4 is 11.8 Å². The molecular weight excluding hydrogens is 271 g/mol. The third-order valence-corrected chi connectivity index (χ3v) is 3.70. The summed E-state index contributed by atoms with van der Waals surface area (Å²) in [5, 5.41) is 3.40. The van der Waals surface area contributed by atoms with Crippen LogP contribution in [0.5, 0.6) is 0 Å². The van der Waals surface area contributed by atoms with Gasteiger partial charge in [-0.15, -0.1) is 0 Å². The Kier molecular flexibility index (Phi) is 8.19. The molecule has 0 amide bonds. The zero-order chi connectivity index (χ0) is 15.0. The van der Waals surface area contributed by atoms with Gasteiger partial charge < -0.3 is 10.2 Å². The van der Waals surface area contributed by atoms with E-state index in [1.807, 2.05) is 30.9 Å². The minimum atomic E-state index is -0.103. The smallest absolute Gasteiger partial charge is 0.127 e. The summed E-state index contributed by atoms with van der Waals surface area (Å²) in [6.07, 6.45) is 2.09. The van der Waals surface area contributed by atoms with Gasteiger partial charge in [-0.1, -0.05) is 26.0 Å². The Hall–Kier alpha value is -0.580. The van der Waals surface area contributed by atoms with Gasteiger partial charge in [-0.05, 0) is 37.4 Å². The minimum absolute atomic E-state index is 0.103. The minimum Gasteiger partial charge on any atom is -0.312 e. The standard InChI is InChI=1S/C16H27FN2S/c1-13(2)10-18-11-14-5-6-16(17)15(9-14)12-19(3)7-8-20-4/h5-6,9,13,18H,7-8,10-12H2,1-4H3. The molecule has 0 bridgehead atoms. The molecule has 0 fully saturated rings. The van der Waals surface area contributed by atoms with E-state index in [1.54, 1.807) is 6.07 Å². The number of benzene rings is 1. The molecule has 0 aliphatic carbocycles. The van der Waals surface area contributed by atoms with Gasteiger partial charge in [0.25, 0.3) is 0 Å². The summed E-state index contributed by atoms with van der Waals surface area (Å²) >= 11 is 1.82. The number of nitrogens with zero attached hydrogens (tertiary/aromatic N) is 1. The van der Waals surface area contributed by atoms with Crippen molar-refractivity contribution in [3.63, 3.8) is 0 Å². The van der Waals surface area contributed by atoms with Crippen LogP contribution in [-0.4, -0.2) is 37.0 Å². The zero-order valence-electron chi connectivity index (χ0n) is 13.1. The summed E-state index contributed by atoms with van der Waals surface area (Å²) in [4.78, 5) is 2.17. The van der Waals surface area contributed by atoms with E-state index < -0.39 is 0 Å². The lowest BCUT2D eigenvalue weighted by molar-refractivity contribution is 0.342. The largest absolute Gasteiger partial charge is 0.312 e. The Morgan fingerprint density at radius 1 is 1.35 bits per heavy atom. The van der Waals surface area contributed by atoms with Crippen molar-refractivity contribution in [3.8, 4) is 0 Å². The molecule has 1 rings (SSSR count). The van der Waals surface area contributed by atoms with E-state index in [0.717, 1.165) is 36.5 Å². The Morgan fingerprint density at radius 3 is 2.75 bits per heavy atom. The van der Waals surface area contributed by atoms with Crippen LogP contribution in [0.3, 0.4) is 0 Å². The molecule has 0 aliphatic heterocycles. The first-order valence-electron chi connectivity index (χ1n) is 7.18. The second-order valence-electron chi connectivity index (χ2n) is 5.68. The first-order chi connectivity index (χ1) is 9.52. The van der Waals surface area contributed by atoms with Crippen LogP contribution in [0.25, 0.3) is 0 Å². The number of hydrogen-bond acceptors (Lipinski definition) is 3.